The molecule has 1 fully saturated rings. The van der Waals surface area contributed by atoms with Gasteiger partial charge in [0.2, 0.25) is 5.91 Å². The zero-order valence-corrected chi connectivity index (χ0v) is 11.5. The molecule has 0 aromatic heterocycles. The summed E-state index contributed by atoms with van der Waals surface area (Å²) in [5.41, 5.74) is -0.531. The molecule has 0 aromatic rings. The van der Waals surface area contributed by atoms with E-state index in [0.29, 0.717) is 0 Å². The van der Waals surface area contributed by atoms with Gasteiger partial charge in [-0.15, -0.1) is 0 Å². The second-order valence-electron chi connectivity index (χ2n) is 4.60. The van der Waals surface area contributed by atoms with Gasteiger partial charge in [-0.1, -0.05) is 13.8 Å². The number of rotatable bonds is 4. The van der Waals surface area contributed by atoms with Gasteiger partial charge in [-0.05, 0) is 0 Å². The maximum atomic E-state index is 11.9. The minimum absolute atomic E-state index is 0.0970. The van der Waals surface area contributed by atoms with Crippen LogP contribution in [0.5, 0.6) is 0 Å². The van der Waals surface area contributed by atoms with Gasteiger partial charge >= 0.3 is 14.6 Å². The van der Waals surface area contributed by atoms with E-state index in [1.165, 1.54) is 7.11 Å². The first-order valence-corrected chi connectivity index (χ1v) is 6.63. The van der Waals surface area contributed by atoms with Crippen LogP contribution < -0.4 is 5.32 Å². The molecule has 104 valence electrons. The van der Waals surface area contributed by atoms with Crippen molar-refractivity contribution in [2.45, 2.75) is 26.4 Å². The van der Waals surface area contributed by atoms with Crippen LogP contribution in [0.15, 0.2) is 0 Å². The SMILES string of the molecule is COC(=O)CCNC(=O)C1OP(O)OCC1(C)C. The highest BCUT2D eigenvalue weighted by molar-refractivity contribution is 7.40. The number of hydrogen-bond donors (Lipinski definition) is 2. The molecule has 1 amide bonds. The van der Waals surface area contributed by atoms with Gasteiger partial charge in [-0.2, -0.15) is 0 Å². The van der Waals surface area contributed by atoms with Crippen molar-refractivity contribution >= 4 is 20.5 Å². The van der Waals surface area contributed by atoms with Crippen molar-refractivity contribution in [1.82, 2.24) is 5.32 Å². The molecule has 0 saturated carbocycles. The number of amides is 1. The first kappa shape index (κ1) is 15.3. The van der Waals surface area contributed by atoms with Crippen molar-refractivity contribution in [2.75, 3.05) is 20.3 Å². The third-order valence-corrected chi connectivity index (χ3v) is 3.29. The van der Waals surface area contributed by atoms with Crippen LogP contribution in [0.4, 0.5) is 0 Å². The topological polar surface area (TPSA) is 94.1 Å². The second-order valence-corrected chi connectivity index (χ2v) is 5.55. The molecular formula is C10H18NO6P. The van der Waals surface area contributed by atoms with Gasteiger partial charge in [0.15, 0.2) is 6.10 Å². The summed E-state index contributed by atoms with van der Waals surface area (Å²) in [5, 5.41) is 2.57. The fourth-order valence-electron chi connectivity index (χ4n) is 1.45. The molecule has 8 heteroatoms. The highest BCUT2D eigenvalue weighted by atomic mass is 31.2. The third kappa shape index (κ3) is 4.17. The summed E-state index contributed by atoms with van der Waals surface area (Å²) in [7, 11) is -0.719. The minimum atomic E-state index is -2.00. The van der Waals surface area contributed by atoms with E-state index >= 15 is 0 Å². The Labute approximate surface area is 107 Å². The van der Waals surface area contributed by atoms with Crippen LogP contribution in [0.1, 0.15) is 20.3 Å². The molecule has 2 unspecified atom stereocenters. The summed E-state index contributed by atoms with van der Waals surface area (Å²) < 4.78 is 14.6. The largest absolute Gasteiger partial charge is 0.469 e. The molecule has 1 heterocycles. The van der Waals surface area contributed by atoms with Gasteiger partial charge < -0.3 is 19.5 Å². The monoisotopic (exact) mass is 279 g/mol. The van der Waals surface area contributed by atoms with Crippen molar-refractivity contribution in [3.63, 3.8) is 0 Å². The Hall–Kier alpha value is -0.750. The summed E-state index contributed by atoms with van der Waals surface area (Å²) in [5.74, 6) is -0.763. The second kappa shape index (κ2) is 6.43. The first-order valence-electron chi connectivity index (χ1n) is 5.50. The fourth-order valence-corrected chi connectivity index (χ4v) is 2.51. The Balaban J connectivity index is 2.46. The average Bonchev–Trinajstić information content (AvgIpc) is 2.31. The summed E-state index contributed by atoms with van der Waals surface area (Å²) >= 11 is 0. The summed E-state index contributed by atoms with van der Waals surface area (Å²) in [6.45, 7) is 4.02. The summed E-state index contributed by atoms with van der Waals surface area (Å²) in [4.78, 5) is 32.1. The van der Waals surface area contributed by atoms with Gasteiger partial charge in [0.05, 0.1) is 20.1 Å². The van der Waals surface area contributed by atoms with Crippen LogP contribution in [0, 0.1) is 5.41 Å². The van der Waals surface area contributed by atoms with E-state index in [4.69, 9.17) is 9.05 Å². The Morgan fingerprint density at radius 1 is 1.56 bits per heavy atom. The molecule has 7 nitrogen and oxygen atoms in total. The smallest absolute Gasteiger partial charge is 0.330 e. The molecule has 1 aliphatic rings. The van der Waals surface area contributed by atoms with Crippen LogP contribution in [0.3, 0.4) is 0 Å². The maximum absolute atomic E-state index is 11.9. The van der Waals surface area contributed by atoms with E-state index in [0.717, 1.165) is 0 Å². The summed E-state index contributed by atoms with van der Waals surface area (Å²) in [6.07, 6.45) is -0.695. The lowest BCUT2D eigenvalue weighted by atomic mass is 9.87. The van der Waals surface area contributed by atoms with E-state index in [9.17, 15) is 14.5 Å². The minimum Gasteiger partial charge on any atom is -0.469 e. The van der Waals surface area contributed by atoms with Crippen LogP contribution in [-0.4, -0.2) is 43.1 Å². The molecule has 1 aliphatic heterocycles. The number of nitrogens with one attached hydrogen (secondary N) is 1. The Kier molecular flexibility index (Phi) is 5.47. The highest BCUT2D eigenvalue weighted by Crippen LogP contribution is 2.46. The zero-order chi connectivity index (χ0) is 13.8. The molecule has 0 aromatic carbocycles. The molecule has 18 heavy (non-hydrogen) atoms. The first-order chi connectivity index (χ1) is 8.36. The number of esters is 1. The highest BCUT2D eigenvalue weighted by Gasteiger charge is 2.43. The van der Waals surface area contributed by atoms with Crippen LogP contribution in [0.2, 0.25) is 0 Å². The third-order valence-electron chi connectivity index (χ3n) is 2.55. The van der Waals surface area contributed by atoms with Gasteiger partial charge in [0.1, 0.15) is 0 Å². The van der Waals surface area contributed by atoms with Crippen molar-refractivity contribution in [1.29, 1.82) is 0 Å². The number of carbonyl (C=O) groups excluding carboxylic acids is 2. The maximum Gasteiger partial charge on any atom is 0.330 e. The molecule has 2 N–H and O–H groups in total. The van der Waals surface area contributed by atoms with E-state index in [1.807, 2.05) is 0 Å². The van der Waals surface area contributed by atoms with Crippen LogP contribution in [0.25, 0.3) is 0 Å². The Morgan fingerprint density at radius 2 is 2.22 bits per heavy atom. The Morgan fingerprint density at radius 3 is 2.83 bits per heavy atom. The van der Waals surface area contributed by atoms with Crippen LogP contribution >= 0.6 is 8.60 Å². The number of carbonyl (C=O) groups is 2. The zero-order valence-electron chi connectivity index (χ0n) is 10.6. The number of ether oxygens (including phenoxy) is 1. The normalized spacial score (nSPS) is 26.4. The van der Waals surface area contributed by atoms with Crippen molar-refractivity contribution in [2.24, 2.45) is 5.41 Å². The average molecular weight is 279 g/mol. The van der Waals surface area contributed by atoms with E-state index < -0.39 is 26.1 Å². The molecule has 0 bridgehead atoms. The lowest BCUT2D eigenvalue weighted by Crippen LogP contribution is -2.49. The Bertz CT molecular complexity index is 321. The van der Waals surface area contributed by atoms with Gasteiger partial charge in [0, 0.05) is 12.0 Å². The quantitative estimate of drug-likeness (QED) is 0.569. The predicted octanol–water partition coefficient (Wildman–Crippen LogP) is 0.326. The van der Waals surface area contributed by atoms with Crippen molar-refractivity contribution < 1.29 is 28.3 Å². The van der Waals surface area contributed by atoms with Crippen LogP contribution in [-0.2, 0) is 23.4 Å². The molecule has 0 aliphatic carbocycles. The van der Waals surface area contributed by atoms with E-state index in [-0.39, 0.29) is 25.5 Å². The molecular weight excluding hydrogens is 261 g/mol. The molecule has 1 rings (SSSR count). The van der Waals surface area contributed by atoms with E-state index in [1.54, 1.807) is 13.8 Å². The molecule has 0 spiro atoms. The lowest BCUT2D eigenvalue weighted by Gasteiger charge is -2.37. The van der Waals surface area contributed by atoms with Gasteiger partial charge in [-0.3, -0.25) is 14.1 Å². The van der Waals surface area contributed by atoms with Gasteiger partial charge in [0.25, 0.3) is 0 Å². The summed E-state index contributed by atoms with van der Waals surface area (Å²) in [6, 6.07) is 0. The number of methoxy groups -OCH3 is 1. The van der Waals surface area contributed by atoms with E-state index in [2.05, 4.69) is 10.1 Å². The molecule has 2 atom stereocenters. The van der Waals surface area contributed by atoms with Crippen molar-refractivity contribution in [3.8, 4) is 0 Å². The molecule has 0 radical (unpaired) electrons. The predicted molar refractivity (Wildman–Crippen MR) is 63.4 cm³/mol. The lowest BCUT2D eigenvalue weighted by molar-refractivity contribution is -0.141. The standard InChI is InChI=1S/C10H18NO6P/c1-10(2)6-16-18(14)17-8(10)9(13)11-5-4-7(12)15-3/h8,14H,4-6H2,1-3H3,(H,11,13). The fraction of sp³-hybridized carbons (Fsp3) is 0.800. The van der Waals surface area contributed by atoms with Gasteiger partial charge in [-0.25, -0.2) is 0 Å². The number of hydrogen-bond acceptors (Lipinski definition) is 6. The van der Waals surface area contributed by atoms with Crippen molar-refractivity contribution in [3.05, 3.63) is 0 Å². The molecule has 1 saturated heterocycles.